The van der Waals surface area contributed by atoms with Crippen LogP contribution in [0.2, 0.25) is 0 Å². The molecule has 0 bridgehead atoms. The Morgan fingerprint density at radius 1 is 1.23 bits per heavy atom. The summed E-state index contributed by atoms with van der Waals surface area (Å²) in [6.07, 6.45) is 0. The zero-order chi connectivity index (χ0) is 15.7. The average molecular weight is 301 g/mol. The summed E-state index contributed by atoms with van der Waals surface area (Å²) in [7, 11) is 2.09. The van der Waals surface area contributed by atoms with Crippen LogP contribution in [0.5, 0.6) is 11.5 Å². The molecule has 0 spiro atoms. The van der Waals surface area contributed by atoms with Crippen molar-refractivity contribution in [1.82, 2.24) is 15.1 Å². The molecule has 2 aromatic rings. The highest BCUT2D eigenvalue weighted by molar-refractivity contribution is 5.48. The lowest BCUT2D eigenvalue weighted by Gasteiger charge is -2.17. The molecule has 22 heavy (non-hydrogen) atoms. The molecule has 5 nitrogen and oxygen atoms in total. The molecule has 118 valence electrons. The van der Waals surface area contributed by atoms with E-state index in [0.717, 1.165) is 41.5 Å². The fourth-order valence-corrected chi connectivity index (χ4v) is 2.58. The zero-order valence-electron chi connectivity index (χ0n) is 13.6. The molecule has 3 rings (SSSR count). The Balaban J connectivity index is 1.67. The predicted molar refractivity (Wildman–Crippen MR) is 85.0 cm³/mol. The van der Waals surface area contributed by atoms with Crippen molar-refractivity contribution in [2.75, 3.05) is 13.8 Å². The summed E-state index contributed by atoms with van der Waals surface area (Å²) in [5.41, 5.74) is 3.43. The minimum absolute atomic E-state index is 0.0682. The number of fused-ring (bicyclic) bond motifs is 1. The van der Waals surface area contributed by atoms with Gasteiger partial charge in [0.2, 0.25) is 6.79 Å². The predicted octanol–water partition coefficient (Wildman–Crippen LogP) is 3.07. The van der Waals surface area contributed by atoms with E-state index in [2.05, 4.69) is 55.0 Å². The molecule has 5 heteroatoms. The topological polar surface area (TPSA) is 50.4 Å². The second kappa shape index (κ2) is 5.65. The maximum atomic E-state index is 5.56. The molecule has 0 radical (unpaired) electrons. The van der Waals surface area contributed by atoms with Crippen molar-refractivity contribution in [3.05, 3.63) is 41.2 Å². The van der Waals surface area contributed by atoms with Crippen LogP contribution in [0.3, 0.4) is 0 Å². The first-order valence-electron chi connectivity index (χ1n) is 7.54. The Bertz CT molecular complexity index is 658. The van der Waals surface area contributed by atoms with Crippen LogP contribution < -0.4 is 9.47 Å². The maximum absolute atomic E-state index is 5.56. The Labute approximate surface area is 131 Å². The van der Waals surface area contributed by atoms with Crippen LogP contribution in [0.25, 0.3) is 0 Å². The standard InChI is InChI=1S/C17H23N3O2/c1-17(2,3)15-8-13(18-19-15)10-20(4)9-12-6-5-7-14-16(12)22-11-21-14/h5-8H,9-11H2,1-4H3,(H,18,19). The van der Waals surface area contributed by atoms with Crippen molar-refractivity contribution < 1.29 is 9.47 Å². The van der Waals surface area contributed by atoms with Gasteiger partial charge in [-0.2, -0.15) is 5.10 Å². The Morgan fingerprint density at radius 2 is 2.05 bits per heavy atom. The summed E-state index contributed by atoms with van der Waals surface area (Å²) in [5.74, 6) is 1.71. The van der Waals surface area contributed by atoms with E-state index in [4.69, 9.17) is 9.47 Å². The van der Waals surface area contributed by atoms with Crippen LogP contribution in [-0.2, 0) is 18.5 Å². The third-order valence-corrected chi connectivity index (χ3v) is 3.76. The molecule has 0 saturated heterocycles. The molecule has 1 aliphatic heterocycles. The Hall–Kier alpha value is -2.01. The lowest BCUT2D eigenvalue weighted by Crippen LogP contribution is -2.17. The summed E-state index contributed by atoms with van der Waals surface area (Å²) in [6, 6.07) is 8.17. The van der Waals surface area contributed by atoms with Crippen LogP contribution in [0, 0.1) is 0 Å². The van der Waals surface area contributed by atoms with Gasteiger partial charge in [-0.05, 0) is 19.2 Å². The highest BCUT2D eigenvalue weighted by Gasteiger charge is 2.20. The van der Waals surface area contributed by atoms with E-state index in [0.29, 0.717) is 6.79 Å². The van der Waals surface area contributed by atoms with Crippen molar-refractivity contribution >= 4 is 0 Å². The van der Waals surface area contributed by atoms with Crippen LogP contribution in [0.1, 0.15) is 37.7 Å². The molecule has 1 aromatic heterocycles. The number of aromatic amines is 1. The number of H-pyrrole nitrogens is 1. The van der Waals surface area contributed by atoms with E-state index in [1.165, 1.54) is 0 Å². The first kappa shape index (κ1) is 14.9. The smallest absolute Gasteiger partial charge is 0.231 e. The van der Waals surface area contributed by atoms with E-state index in [-0.39, 0.29) is 5.41 Å². The van der Waals surface area contributed by atoms with Gasteiger partial charge in [-0.1, -0.05) is 32.9 Å². The van der Waals surface area contributed by atoms with E-state index in [1.807, 2.05) is 12.1 Å². The normalized spacial score (nSPS) is 13.9. The summed E-state index contributed by atoms with van der Waals surface area (Å²) in [5, 5.41) is 7.54. The molecule has 0 saturated carbocycles. The maximum Gasteiger partial charge on any atom is 0.231 e. The lowest BCUT2D eigenvalue weighted by molar-refractivity contribution is 0.172. The molecule has 0 unspecified atom stereocenters. The number of ether oxygens (including phenoxy) is 2. The van der Waals surface area contributed by atoms with Crippen LogP contribution in [0.15, 0.2) is 24.3 Å². The molecule has 0 aliphatic carbocycles. The van der Waals surface area contributed by atoms with E-state index >= 15 is 0 Å². The Morgan fingerprint density at radius 3 is 2.77 bits per heavy atom. The number of benzene rings is 1. The van der Waals surface area contributed by atoms with Crippen LogP contribution >= 0.6 is 0 Å². The minimum atomic E-state index is 0.0682. The number of para-hydroxylation sites is 1. The zero-order valence-corrected chi connectivity index (χ0v) is 13.6. The highest BCUT2D eigenvalue weighted by Crippen LogP contribution is 2.35. The number of hydrogen-bond donors (Lipinski definition) is 1. The highest BCUT2D eigenvalue weighted by atomic mass is 16.7. The monoisotopic (exact) mass is 301 g/mol. The van der Waals surface area contributed by atoms with Gasteiger partial charge in [-0.15, -0.1) is 0 Å². The minimum Gasteiger partial charge on any atom is -0.454 e. The number of nitrogens with zero attached hydrogens (tertiary/aromatic N) is 2. The average Bonchev–Trinajstić information content (AvgIpc) is 3.06. The van der Waals surface area contributed by atoms with E-state index in [9.17, 15) is 0 Å². The SMILES string of the molecule is CN(Cc1cc(C(C)(C)C)n[nH]1)Cc1cccc2c1OCO2. The fraction of sp³-hybridized carbons (Fsp3) is 0.471. The van der Waals surface area contributed by atoms with Gasteiger partial charge in [0.05, 0.1) is 5.69 Å². The number of hydrogen-bond acceptors (Lipinski definition) is 4. The second-order valence-electron chi connectivity index (χ2n) is 6.85. The van der Waals surface area contributed by atoms with E-state index in [1.54, 1.807) is 0 Å². The van der Waals surface area contributed by atoms with Gasteiger partial charge in [0.1, 0.15) is 0 Å². The van der Waals surface area contributed by atoms with Gasteiger partial charge >= 0.3 is 0 Å². The van der Waals surface area contributed by atoms with Crippen LogP contribution in [0.4, 0.5) is 0 Å². The first-order chi connectivity index (χ1) is 10.4. The van der Waals surface area contributed by atoms with Crippen molar-refractivity contribution in [2.45, 2.75) is 39.3 Å². The van der Waals surface area contributed by atoms with Crippen molar-refractivity contribution in [1.29, 1.82) is 0 Å². The molecule has 1 aromatic carbocycles. The summed E-state index contributed by atoms with van der Waals surface area (Å²) in [6.45, 7) is 8.43. The molecule has 0 fully saturated rings. The summed E-state index contributed by atoms with van der Waals surface area (Å²) in [4.78, 5) is 2.23. The third-order valence-electron chi connectivity index (χ3n) is 3.76. The number of aromatic nitrogens is 2. The quantitative estimate of drug-likeness (QED) is 0.943. The van der Waals surface area contributed by atoms with Gasteiger partial charge in [-0.25, -0.2) is 0 Å². The van der Waals surface area contributed by atoms with E-state index < -0.39 is 0 Å². The summed E-state index contributed by atoms with van der Waals surface area (Å²) >= 11 is 0. The lowest BCUT2D eigenvalue weighted by atomic mass is 9.92. The molecule has 1 N–H and O–H groups in total. The van der Waals surface area contributed by atoms with Gasteiger partial charge in [0.25, 0.3) is 0 Å². The van der Waals surface area contributed by atoms with Crippen molar-refractivity contribution in [3.63, 3.8) is 0 Å². The fourth-order valence-electron chi connectivity index (χ4n) is 2.58. The number of nitrogens with one attached hydrogen (secondary N) is 1. The van der Waals surface area contributed by atoms with Gasteiger partial charge < -0.3 is 9.47 Å². The molecule has 0 amide bonds. The van der Waals surface area contributed by atoms with Gasteiger partial charge in [0, 0.05) is 29.8 Å². The van der Waals surface area contributed by atoms with Gasteiger partial charge in [0.15, 0.2) is 11.5 Å². The Kier molecular flexibility index (Phi) is 3.83. The van der Waals surface area contributed by atoms with Crippen LogP contribution in [-0.4, -0.2) is 28.9 Å². The third kappa shape index (κ3) is 3.09. The first-order valence-corrected chi connectivity index (χ1v) is 7.54. The molecular weight excluding hydrogens is 278 g/mol. The molecular formula is C17H23N3O2. The van der Waals surface area contributed by atoms with Crippen molar-refractivity contribution in [3.8, 4) is 11.5 Å². The summed E-state index contributed by atoms with van der Waals surface area (Å²) < 4.78 is 11.0. The molecule has 2 heterocycles. The second-order valence-corrected chi connectivity index (χ2v) is 6.85. The largest absolute Gasteiger partial charge is 0.454 e. The van der Waals surface area contributed by atoms with Gasteiger partial charge in [-0.3, -0.25) is 10.00 Å². The number of rotatable bonds is 4. The molecule has 1 aliphatic rings. The van der Waals surface area contributed by atoms with Crippen molar-refractivity contribution in [2.24, 2.45) is 0 Å². The molecule has 0 atom stereocenters.